The summed E-state index contributed by atoms with van der Waals surface area (Å²) in [4.78, 5) is 26.1. The lowest BCUT2D eigenvalue weighted by Crippen LogP contribution is -2.46. The summed E-state index contributed by atoms with van der Waals surface area (Å²) in [7, 11) is 0. The number of nitrogens with one attached hydrogen (secondary N) is 1. The van der Waals surface area contributed by atoms with Crippen molar-refractivity contribution in [1.82, 2.24) is 20.2 Å². The van der Waals surface area contributed by atoms with Gasteiger partial charge in [-0.25, -0.2) is 9.97 Å². The Morgan fingerprint density at radius 2 is 1.88 bits per heavy atom. The maximum absolute atomic E-state index is 12.6. The Labute approximate surface area is 155 Å². The van der Waals surface area contributed by atoms with Crippen LogP contribution in [0.2, 0.25) is 0 Å². The molecule has 2 heterocycles. The Balaban J connectivity index is 1.67. The van der Waals surface area contributed by atoms with Crippen LogP contribution in [0, 0.1) is 13.8 Å². The molecule has 0 unspecified atom stereocenters. The Morgan fingerprint density at radius 1 is 1.12 bits per heavy atom. The van der Waals surface area contributed by atoms with Crippen LogP contribution in [0.3, 0.4) is 0 Å². The third kappa shape index (κ3) is 4.58. The van der Waals surface area contributed by atoms with E-state index in [2.05, 4.69) is 38.1 Å². The highest BCUT2D eigenvalue weighted by molar-refractivity contribution is 5.92. The molecule has 1 N–H and O–H groups in total. The fourth-order valence-corrected chi connectivity index (χ4v) is 3.22. The summed E-state index contributed by atoms with van der Waals surface area (Å²) >= 11 is 0. The lowest BCUT2D eigenvalue weighted by Gasteiger charge is -2.34. The number of aromatic nitrogens is 2. The zero-order valence-electron chi connectivity index (χ0n) is 15.8. The van der Waals surface area contributed by atoms with E-state index in [0.717, 1.165) is 44.1 Å². The average Bonchev–Trinajstić information content (AvgIpc) is 2.65. The number of piperazine rings is 1. The van der Waals surface area contributed by atoms with Crippen LogP contribution in [0.15, 0.2) is 30.3 Å². The molecule has 1 aliphatic rings. The van der Waals surface area contributed by atoms with E-state index in [0.29, 0.717) is 18.1 Å². The molecule has 1 amide bonds. The van der Waals surface area contributed by atoms with Gasteiger partial charge in [0.2, 0.25) is 0 Å². The lowest BCUT2D eigenvalue weighted by molar-refractivity contribution is 0.0945. The second-order valence-electron chi connectivity index (χ2n) is 6.75. The molecule has 6 nitrogen and oxygen atoms in total. The Hall–Kier alpha value is -2.47. The van der Waals surface area contributed by atoms with E-state index in [1.807, 2.05) is 32.0 Å². The van der Waals surface area contributed by atoms with Crippen LogP contribution in [0.25, 0.3) is 0 Å². The molecule has 0 spiro atoms. The van der Waals surface area contributed by atoms with Crippen molar-refractivity contribution in [3.63, 3.8) is 0 Å². The van der Waals surface area contributed by atoms with E-state index in [-0.39, 0.29) is 5.91 Å². The standard InChI is InChI=1S/C20H27N5O/c1-4-24-8-10-25(11-9-24)19-13-18(22-16(3)23-19)20(26)21-14-17-7-5-6-15(2)12-17/h5-7,12-13H,4,8-11,14H2,1-3H3,(H,21,26). The molecule has 1 fully saturated rings. The largest absolute Gasteiger partial charge is 0.354 e. The molecule has 2 aromatic rings. The third-order valence-electron chi connectivity index (χ3n) is 4.74. The van der Waals surface area contributed by atoms with E-state index < -0.39 is 0 Å². The first-order chi connectivity index (χ1) is 12.5. The molecule has 138 valence electrons. The van der Waals surface area contributed by atoms with Gasteiger partial charge in [0.1, 0.15) is 17.3 Å². The number of amides is 1. The van der Waals surface area contributed by atoms with Crippen molar-refractivity contribution in [2.45, 2.75) is 27.3 Å². The minimum atomic E-state index is -0.162. The molecule has 1 aromatic carbocycles. The van der Waals surface area contributed by atoms with Gasteiger partial charge in [0.05, 0.1) is 0 Å². The topological polar surface area (TPSA) is 61.4 Å². The van der Waals surface area contributed by atoms with Crippen LogP contribution in [0.4, 0.5) is 5.82 Å². The minimum absolute atomic E-state index is 0.162. The van der Waals surface area contributed by atoms with Crippen LogP contribution in [0.1, 0.15) is 34.4 Å². The summed E-state index contributed by atoms with van der Waals surface area (Å²) in [5.41, 5.74) is 2.70. The van der Waals surface area contributed by atoms with Crippen molar-refractivity contribution < 1.29 is 4.79 Å². The second-order valence-corrected chi connectivity index (χ2v) is 6.75. The number of hydrogen-bond acceptors (Lipinski definition) is 5. The van der Waals surface area contributed by atoms with Crippen LogP contribution in [-0.2, 0) is 6.54 Å². The SMILES string of the molecule is CCN1CCN(c2cc(C(=O)NCc3cccc(C)c3)nc(C)n2)CC1. The number of carbonyl (C=O) groups is 1. The molecule has 1 aliphatic heterocycles. The molecule has 0 aliphatic carbocycles. The van der Waals surface area contributed by atoms with Gasteiger partial charge in [0, 0.05) is 38.8 Å². The van der Waals surface area contributed by atoms with Crippen LogP contribution < -0.4 is 10.2 Å². The third-order valence-corrected chi connectivity index (χ3v) is 4.74. The number of hydrogen-bond donors (Lipinski definition) is 1. The van der Waals surface area contributed by atoms with Crippen LogP contribution in [0.5, 0.6) is 0 Å². The fraction of sp³-hybridized carbons (Fsp3) is 0.450. The summed E-state index contributed by atoms with van der Waals surface area (Å²) in [6, 6.07) is 9.94. The molecule has 0 bridgehead atoms. The number of nitrogens with zero attached hydrogens (tertiary/aromatic N) is 4. The Morgan fingerprint density at radius 3 is 2.58 bits per heavy atom. The normalized spacial score (nSPS) is 15.1. The van der Waals surface area contributed by atoms with E-state index in [1.165, 1.54) is 5.56 Å². The molecule has 6 heteroatoms. The predicted octanol–water partition coefficient (Wildman–Crippen LogP) is 2.17. The van der Waals surface area contributed by atoms with Gasteiger partial charge in [-0.1, -0.05) is 36.8 Å². The van der Waals surface area contributed by atoms with Gasteiger partial charge >= 0.3 is 0 Å². The van der Waals surface area contributed by atoms with Gasteiger partial charge in [-0.3, -0.25) is 4.79 Å². The van der Waals surface area contributed by atoms with E-state index in [9.17, 15) is 4.79 Å². The summed E-state index contributed by atoms with van der Waals surface area (Å²) in [6.45, 7) is 11.5. The van der Waals surface area contributed by atoms with Gasteiger partial charge in [-0.05, 0) is 26.0 Å². The van der Waals surface area contributed by atoms with Crippen molar-refractivity contribution in [2.75, 3.05) is 37.6 Å². The zero-order chi connectivity index (χ0) is 18.5. The molecule has 3 rings (SSSR count). The number of aryl methyl sites for hydroxylation is 2. The van der Waals surface area contributed by atoms with Crippen molar-refractivity contribution in [2.24, 2.45) is 0 Å². The maximum atomic E-state index is 12.6. The summed E-state index contributed by atoms with van der Waals surface area (Å²) < 4.78 is 0. The van der Waals surface area contributed by atoms with Crippen molar-refractivity contribution in [3.8, 4) is 0 Å². The van der Waals surface area contributed by atoms with Gasteiger partial charge in [0.15, 0.2) is 0 Å². The van der Waals surface area contributed by atoms with Gasteiger partial charge < -0.3 is 15.1 Å². The Bertz CT molecular complexity index is 769. The second kappa shape index (κ2) is 8.27. The van der Waals surface area contributed by atoms with Crippen LogP contribution in [-0.4, -0.2) is 53.5 Å². The highest BCUT2D eigenvalue weighted by Crippen LogP contribution is 2.15. The van der Waals surface area contributed by atoms with Gasteiger partial charge in [-0.15, -0.1) is 0 Å². The zero-order valence-corrected chi connectivity index (χ0v) is 15.8. The number of likely N-dealkylation sites (N-methyl/N-ethyl adjacent to an activating group) is 1. The molecular formula is C20H27N5O. The monoisotopic (exact) mass is 353 g/mol. The first kappa shape index (κ1) is 18.3. The van der Waals surface area contributed by atoms with Crippen molar-refractivity contribution in [3.05, 3.63) is 53.0 Å². The first-order valence-corrected chi connectivity index (χ1v) is 9.22. The molecular weight excluding hydrogens is 326 g/mol. The maximum Gasteiger partial charge on any atom is 0.270 e. The smallest absolute Gasteiger partial charge is 0.270 e. The molecule has 0 radical (unpaired) electrons. The summed E-state index contributed by atoms with van der Waals surface area (Å²) in [5, 5.41) is 2.96. The molecule has 26 heavy (non-hydrogen) atoms. The number of benzene rings is 1. The number of anilines is 1. The quantitative estimate of drug-likeness (QED) is 0.893. The van der Waals surface area contributed by atoms with E-state index >= 15 is 0 Å². The van der Waals surface area contributed by atoms with E-state index in [4.69, 9.17) is 0 Å². The lowest BCUT2D eigenvalue weighted by atomic mass is 10.1. The van der Waals surface area contributed by atoms with Crippen molar-refractivity contribution in [1.29, 1.82) is 0 Å². The van der Waals surface area contributed by atoms with Crippen LogP contribution >= 0.6 is 0 Å². The highest BCUT2D eigenvalue weighted by Gasteiger charge is 2.19. The highest BCUT2D eigenvalue weighted by atomic mass is 16.1. The predicted molar refractivity (Wildman–Crippen MR) is 103 cm³/mol. The molecule has 1 saturated heterocycles. The van der Waals surface area contributed by atoms with Gasteiger partial charge in [0.25, 0.3) is 5.91 Å². The molecule has 1 aromatic heterocycles. The Kier molecular flexibility index (Phi) is 5.83. The molecule has 0 saturated carbocycles. The average molecular weight is 353 g/mol. The van der Waals surface area contributed by atoms with Crippen molar-refractivity contribution >= 4 is 11.7 Å². The first-order valence-electron chi connectivity index (χ1n) is 9.22. The summed E-state index contributed by atoms with van der Waals surface area (Å²) in [6.07, 6.45) is 0. The number of rotatable bonds is 5. The van der Waals surface area contributed by atoms with E-state index in [1.54, 1.807) is 6.07 Å². The fourth-order valence-electron chi connectivity index (χ4n) is 3.22. The summed E-state index contributed by atoms with van der Waals surface area (Å²) in [5.74, 6) is 1.31. The van der Waals surface area contributed by atoms with Gasteiger partial charge in [-0.2, -0.15) is 0 Å². The minimum Gasteiger partial charge on any atom is -0.354 e. The number of carbonyl (C=O) groups excluding carboxylic acids is 1. The molecule has 0 atom stereocenters.